The lowest BCUT2D eigenvalue weighted by atomic mass is 10.3. The number of nitrogens with zero attached hydrogens (tertiary/aromatic N) is 3. The van der Waals surface area contributed by atoms with Crippen molar-refractivity contribution in [1.29, 1.82) is 0 Å². The number of allylic oxidation sites excluding steroid dienone is 3. The predicted octanol–water partition coefficient (Wildman–Crippen LogP) is 6.38. The van der Waals surface area contributed by atoms with E-state index in [-0.39, 0.29) is 5.57 Å². The Hall–Kier alpha value is -0.840. The summed E-state index contributed by atoms with van der Waals surface area (Å²) in [6, 6.07) is 0. The molecule has 2 aliphatic rings. The molecular formula is C7H3F5N3P3. The molecule has 0 amide bonds. The number of rotatable bonds is 0. The highest BCUT2D eigenvalue weighted by Crippen LogP contribution is 2.81. The van der Waals surface area contributed by atoms with Crippen LogP contribution in [-0.4, -0.2) is 0 Å². The maximum absolute atomic E-state index is 13.8. The normalized spacial score (nSPS) is 30.4. The van der Waals surface area contributed by atoms with Crippen molar-refractivity contribution in [3.8, 4) is 11.6 Å². The number of hydrogen-bond acceptors (Lipinski definition) is 3. The third kappa shape index (κ3) is 3.34. The van der Waals surface area contributed by atoms with Crippen molar-refractivity contribution >= 4 is 23.2 Å². The van der Waals surface area contributed by atoms with Crippen molar-refractivity contribution in [2.75, 3.05) is 0 Å². The van der Waals surface area contributed by atoms with Crippen LogP contribution in [0.25, 0.3) is 0 Å². The maximum Gasteiger partial charge on any atom is 0.424 e. The summed E-state index contributed by atoms with van der Waals surface area (Å²) in [6.45, 7) is 0. The molecule has 11 heteroatoms. The molecule has 1 aliphatic carbocycles. The van der Waals surface area contributed by atoms with Gasteiger partial charge in [-0.3, -0.25) is 0 Å². The molecule has 0 saturated heterocycles. The molecule has 3 nitrogen and oxygen atoms in total. The molecule has 0 aromatic rings. The Morgan fingerprint density at radius 3 is 2.22 bits per heavy atom. The first-order valence-electron chi connectivity index (χ1n) is 4.26. The van der Waals surface area contributed by atoms with Gasteiger partial charge in [-0.15, -0.1) is 36.1 Å². The first-order chi connectivity index (χ1) is 8.20. The van der Waals surface area contributed by atoms with E-state index in [4.69, 9.17) is 0 Å². The van der Waals surface area contributed by atoms with Crippen LogP contribution in [-0.2, 0) is 0 Å². The molecule has 96 valence electrons. The van der Waals surface area contributed by atoms with Crippen LogP contribution in [0.5, 0.6) is 0 Å². The van der Waals surface area contributed by atoms with Crippen LogP contribution < -0.4 is 0 Å². The van der Waals surface area contributed by atoms with E-state index in [9.17, 15) is 21.0 Å². The van der Waals surface area contributed by atoms with Gasteiger partial charge in [0.25, 0.3) is 0 Å². The van der Waals surface area contributed by atoms with E-state index in [1.54, 1.807) is 5.66 Å². The van der Waals surface area contributed by atoms with Crippen molar-refractivity contribution in [3.63, 3.8) is 0 Å². The van der Waals surface area contributed by atoms with Crippen LogP contribution in [0.2, 0.25) is 0 Å². The van der Waals surface area contributed by atoms with Gasteiger partial charge in [0.05, 0.1) is 5.57 Å². The van der Waals surface area contributed by atoms with Crippen LogP contribution >= 0.6 is 23.2 Å². The summed E-state index contributed by atoms with van der Waals surface area (Å²) in [5.41, 5.74) is 4.42. The zero-order chi connectivity index (χ0) is 13.4. The second kappa shape index (κ2) is 4.37. The number of halogens is 5. The lowest BCUT2D eigenvalue weighted by molar-refractivity contribution is 0.698. The van der Waals surface area contributed by atoms with Gasteiger partial charge in [0.1, 0.15) is 0 Å². The molecule has 0 spiro atoms. The zero-order valence-corrected chi connectivity index (χ0v) is 11.0. The summed E-state index contributed by atoms with van der Waals surface area (Å²) < 4.78 is 71.8. The van der Waals surface area contributed by atoms with E-state index in [2.05, 4.69) is 20.7 Å². The van der Waals surface area contributed by atoms with Crippen LogP contribution in [0.15, 0.2) is 43.1 Å². The van der Waals surface area contributed by atoms with E-state index in [1.807, 2.05) is 4.52 Å². The molecule has 0 radical (unpaired) electrons. The van der Waals surface area contributed by atoms with Gasteiger partial charge in [-0.2, -0.15) is 4.20 Å². The molecule has 0 fully saturated rings. The monoisotopic (exact) mass is 317 g/mol. The third-order valence-electron chi connectivity index (χ3n) is 1.60. The van der Waals surface area contributed by atoms with Crippen molar-refractivity contribution in [1.82, 2.24) is 0 Å². The Morgan fingerprint density at radius 2 is 1.67 bits per heavy atom. The minimum atomic E-state index is -5.67. The fraction of sp³-hybridized carbons (Fsp3) is 0. The lowest BCUT2D eigenvalue weighted by Gasteiger charge is -2.11. The second-order valence-electron chi connectivity index (χ2n) is 3.03. The first kappa shape index (κ1) is 13.6. The third-order valence-corrected chi connectivity index (χ3v) is 7.33. The summed E-state index contributed by atoms with van der Waals surface area (Å²) in [5, 5.41) is 0. The Morgan fingerprint density at radius 1 is 1.00 bits per heavy atom. The van der Waals surface area contributed by atoms with Crippen molar-refractivity contribution < 1.29 is 21.0 Å². The van der Waals surface area contributed by atoms with Gasteiger partial charge in [-0.1, -0.05) is 6.08 Å². The van der Waals surface area contributed by atoms with Gasteiger partial charge < -0.3 is 0 Å². The van der Waals surface area contributed by atoms with Gasteiger partial charge in [0.15, 0.2) is 0 Å². The fourth-order valence-electron chi connectivity index (χ4n) is 1.05. The zero-order valence-electron chi connectivity index (χ0n) is 8.31. The molecular weight excluding hydrogens is 314 g/mol. The van der Waals surface area contributed by atoms with Crippen molar-refractivity contribution in [2.24, 2.45) is 13.5 Å². The Bertz CT molecular complexity index is 712. The summed E-state index contributed by atoms with van der Waals surface area (Å²) in [5.74, 6) is 2.12. The topological polar surface area (TPSA) is 37.1 Å². The molecule has 1 heterocycles. The summed E-state index contributed by atoms with van der Waals surface area (Å²) >= 11 is 0. The molecule has 1 atom stereocenters. The molecule has 0 N–H and O–H groups in total. The van der Waals surface area contributed by atoms with Crippen LogP contribution in [0.3, 0.4) is 0 Å². The molecule has 0 bridgehead atoms. The van der Waals surface area contributed by atoms with Gasteiger partial charge >= 0.3 is 23.2 Å². The average molecular weight is 317 g/mol. The van der Waals surface area contributed by atoms with E-state index >= 15 is 0 Å². The van der Waals surface area contributed by atoms with Gasteiger partial charge in [-0.25, -0.2) is 0 Å². The molecule has 0 aromatic carbocycles. The standard InChI is InChI=1S/C7H3F5N3P3/c8-16(6-5-7-3-1-2-4-7)13-17(9,10)15-18(11,12)14-16/h1-3H. The summed E-state index contributed by atoms with van der Waals surface area (Å²) in [6.07, 6.45) is 4.41. The molecule has 18 heavy (non-hydrogen) atoms. The second-order valence-corrected chi connectivity index (χ2v) is 8.27. The van der Waals surface area contributed by atoms with E-state index in [1.165, 1.54) is 18.2 Å². The number of hydrogen-bond donors (Lipinski definition) is 0. The van der Waals surface area contributed by atoms with Gasteiger partial charge in [-0.05, 0) is 18.1 Å². The van der Waals surface area contributed by atoms with Crippen molar-refractivity contribution in [2.45, 2.75) is 0 Å². The molecule has 1 aliphatic heterocycles. The Labute approximate surface area is 99.4 Å². The maximum atomic E-state index is 13.8. The van der Waals surface area contributed by atoms with Gasteiger partial charge in [0, 0.05) is 5.66 Å². The molecule has 1 unspecified atom stereocenters. The van der Waals surface area contributed by atoms with Crippen molar-refractivity contribution in [3.05, 3.63) is 29.5 Å². The summed E-state index contributed by atoms with van der Waals surface area (Å²) in [4.78, 5) is 0. The molecule has 0 aromatic heterocycles. The largest absolute Gasteiger partial charge is 0.424 e. The lowest BCUT2D eigenvalue weighted by Crippen LogP contribution is -1.72. The average Bonchev–Trinajstić information content (AvgIpc) is 2.60. The quantitative estimate of drug-likeness (QED) is 0.215. The van der Waals surface area contributed by atoms with E-state index in [0.717, 1.165) is 0 Å². The molecule has 2 rings (SSSR count). The SMILES string of the molecule is FP1(F)=NP(F)(F)=NP(F)(C#CC2=C=CC=C2)=N1. The highest BCUT2D eigenvalue weighted by molar-refractivity contribution is 7.81. The minimum Gasteiger partial charge on any atom is -0.168 e. The predicted molar refractivity (Wildman–Crippen MR) is 62.1 cm³/mol. The highest BCUT2D eigenvalue weighted by Gasteiger charge is 2.38. The fourth-order valence-corrected chi connectivity index (χ4v) is 6.39. The van der Waals surface area contributed by atoms with E-state index in [0.29, 0.717) is 0 Å². The van der Waals surface area contributed by atoms with E-state index < -0.39 is 23.2 Å². The van der Waals surface area contributed by atoms with Crippen LogP contribution in [0.1, 0.15) is 0 Å². The highest BCUT2D eigenvalue weighted by atomic mass is 31.3. The first-order valence-corrected chi connectivity index (χ1v) is 8.80. The van der Waals surface area contributed by atoms with Crippen LogP contribution in [0, 0.1) is 11.6 Å². The minimum absolute atomic E-state index is 0.197. The Balaban J connectivity index is 2.54. The molecule has 0 saturated carbocycles. The van der Waals surface area contributed by atoms with Gasteiger partial charge in [0.2, 0.25) is 0 Å². The Kier molecular flexibility index (Phi) is 3.30. The van der Waals surface area contributed by atoms with Crippen LogP contribution in [0.4, 0.5) is 21.0 Å². The summed E-state index contributed by atoms with van der Waals surface area (Å²) in [7, 11) is -16.2. The smallest absolute Gasteiger partial charge is 0.168 e.